The van der Waals surface area contributed by atoms with E-state index in [0.717, 1.165) is 44.0 Å². The van der Waals surface area contributed by atoms with Gasteiger partial charge < -0.3 is 5.11 Å². The molecular weight excluding hydrogens is 298 g/mol. The molecule has 24 heavy (non-hydrogen) atoms. The molecule has 3 rings (SSSR count). The summed E-state index contributed by atoms with van der Waals surface area (Å²) in [6.45, 7) is 9.10. The highest BCUT2D eigenvalue weighted by Gasteiger charge is 2.16. The number of hydrazone groups is 1. The van der Waals surface area contributed by atoms with Crippen molar-refractivity contribution in [3.63, 3.8) is 0 Å². The summed E-state index contributed by atoms with van der Waals surface area (Å²) < 4.78 is 0. The second kappa shape index (κ2) is 7.49. The average Bonchev–Trinajstić information content (AvgIpc) is 2.59. The summed E-state index contributed by atoms with van der Waals surface area (Å²) in [6.07, 6.45) is 0. The van der Waals surface area contributed by atoms with Gasteiger partial charge in [-0.3, -0.25) is 9.91 Å². The van der Waals surface area contributed by atoms with Crippen LogP contribution in [-0.2, 0) is 6.54 Å². The van der Waals surface area contributed by atoms with Crippen LogP contribution in [0.15, 0.2) is 53.6 Å². The van der Waals surface area contributed by atoms with Crippen molar-refractivity contribution in [2.45, 2.75) is 20.4 Å². The lowest BCUT2D eigenvalue weighted by atomic mass is 10.1. The molecule has 0 radical (unpaired) electrons. The normalized spacial score (nSPS) is 16.4. The van der Waals surface area contributed by atoms with Gasteiger partial charge in [0, 0.05) is 32.7 Å². The Labute approximate surface area is 144 Å². The number of piperazine rings is 1. The third kappa shape index (κ3) is 4.36. The zero-order valence-corrected chi connectivity index (χ0v) is 14.4. The van der Waals surface area contributed by atoms with Crippen LogP contribution >= 0.6 is 0 Å². The fraction of sp³-hybridized carbons (Fsp3) is 0.350. The Morgan fingerprint density at radius 3 is 2.21 bits per heavy atom. The Hall–Kier alpha value is -2.33. The van der Waals surface area contributed by atoms with Crippen LogP contribution in [0.1, 0.15) is 23.6 Å². The molecule has 1 N–H and O–H groups in total. The molecule has 1 saturated heterocycles. The van der Waals surface area contributed by atoms with Crippen molar-refractivity contribution in [1.82, 2.24) is 9.91 Å². The fourth-order valence-electron chi connectivity index (χ4n) is 2.92. The van der Waals surface area contributed by atoms with Crippen LogP contribution in [0.4, 0.5) is 0 Å². The van der Waals surface area contributed by atoms with E-state index in [-0.39, 0.29) is 5.75 Å². The maximum Gasteiger partial charge on any atom is 0.115 e. The highest BCUT2D eigenvalue weighted by molar-refractivity contribution is 5.98. The van der Waals surface area contributed by atoms with Crippen molar-refractivity contribution in [2.75, 3.05) is 26.2 Å². The van der Waals surface area contributed by atoms with Gasteiger partial charge in [0.2, 0.25) is 0 Å². The minimum atomic E-state index is 0.288. The molecule has 0 spiro atoms. The lowest BCUT2D eigenvalue weighted by Gasteiger charge is -2.33. The fourth-order valence-corrected chi connectivity index (χ4v) is 2.92. The maximum atomic E-state index is 9.37. The van der Waals surface area contributed by atoms with E-state index in [1.165, 1.54) is 11.1 Å². The number of aryl methyl sites for hydroxylation is 1. The van der Waals surface area contributed by atoms with E-state index in [1.54, 1.807) is 12.1 Å². The van der Waals surface area contributed by atoms with E-state index in [9.17, 15) is 5.11 Å². The van der Waals surface area contributed by atoms with Crippen LogP contribution in [-0.4, -0.2) is 46.9 Å². The van der Waals surface area contributed by atoms with Gasteiger partial charge in [0.25, 0.3) is 0 Å². The molecule has 4 heteroatoms. The van der Waals surface area contributed by atoms with Crippen LogP contribution < -0.4 is 0 Å². The van der Waals surface area contributed by atoms with E-state index in [1.807, 2.05) is 19.1 Å². The van der Waals surface area contributed by atoms with Crippen LogP contribution in [0.2, 0.25) is 0 Å². The Morgan fingerprint density at radius 1 is 0.958 bits per heavy atom. The zero-order valence-electron chi connectivity index (χ0n) is 14.4. The lowest BCUT2D eigenvalue weighted by molar-refractivity contribution is 0.130. The SMILES string of the molecule is CC(=NN1CCN(Cc2ccc(C)cc2)CC1)c1ccc(O)cc1. The first-order chi connectivity index (χ1) is 11.6. The number of nitrogens with zero attached hydrogens (tertiary/aromatic N) is 3. The molecule has 0 unspecified atom stereocenters. The van der Waals surface area contributed by atoms with Crippen molar-refractivity contribution >= 4 is 5.71 Å². The van der Waals surface area contributed by atoms with Crippen LogP contribution in [0, 0.1) is 6.92 Å². The molecule has 2 aromatic rings. The van der Waals surface area contributed by atoms with E-state index in [0.29, 0.717) is 0 Å². The van der Waals surface area contributed by atoms with Gasteiger partial charge in [-0.1, -0.05) is 29.8 Å². The number of hydrogen-bond acceptors (Lipinski definition) is 4. The van der Waals surface area contributed by atoms with E-state index in [2.05, 4.69) is 41.1 Å². The summed E-state index contributed by atoms with van der Waals surface area (Å²) in [5.41, 5.74) is 4.72. The maximum absolute atomic E-state index is 9.37. The highest BCUT2D eigenvalue weighted by atomic mass is 16.3. The Bertz CT molecular complexity index is 684. The third-order valence-electron chi connectivity index (χ3n) is 4.45. The van der Waals surface area contributed by atoms with Crippen molar-refractivity contribution in [3.8, 4) is 5.75 Å². The molecule has 0 aliphatic carbocycles. The molecule has 1 fully saturated rings. The highest BCUT2D eigenvalue weighted by Crippen LogP contribution is 2.13. The Kier molecular flexibility index (Phi) is 5.16. The summed E-state index contributed by atoms with van der Waals surface area (Å²) in [7, 11) is 0. The smallest absolute Gasteiger partial charge is 0.115 e. The molecule has 4 nitrogen and oxygen atoms in total. The zero-order chi connectivity index (χ0) is 16.9. The molecule has 0 saturated carbocycles. The Morgan fingerprint density at radius 2 is 1.58 bits per heavy atom. The van der Waals surface area contributed by atoms with Gasteiger partial charge >= 0.3 is 0 Å². The molecule has 0 atom stereocenters. The van der Waals surface area contributed by atoms with Crippen LogP contribution in [0.5, 0.6) is 5.75 Å². The van der Waals surface area contributed by atoms with Crippen molar-refractivity contribution < 1.29 is 5.11 Å². The second-order valence-corrected chi connectivity index (χ2v) is 6.45. The van der Waals surface area contributed by atoms with E-state index >= 15 is 0 Å². The summed E-state index contributed by atoms with van der Waals surface area (Å²) in [6, 6.07) is 16.0. The first kappa shape index (κ1) is 16.5. The summed E-state index contributed by atoms with van der Waals surface area (Å²) in [5.74, 6) is 0.288. The molecule has 2 aromatic carbocycles. The summed E-state index contributed by atoms with van der Waals surface area (Å²) >= 11 is 0. The lowest BCUT2D eigenvalue weighted by Crippen LogP contribution is -2.43. The van der Waals surface area contributed by atoms with Gasteiger partial charge in [-0.25, -0.2) is 0 Å². The van der Waals surface area contributed by atoms with Crippen molar-refractivity contribution in [2.24, 2.45) is 5.10 Å². The summed E-state index contributed by atoms with van der Waals surface area (Å²) in [4.78, 5) is 2.48. The van der Waals surface area contributed by atoms with Crippen molar-refractivity contribution in [3.05, 3.63) is 65.2 Å². The second-order valence-electron chi connectivity index (χ2n) is 6.45. The van der Waals surface area contributed by atoms with Gasteiger partial charge in [0.1, 0.15) is 5.75 Å². The molecule has 1 heterocycles. The first-order valence-electron chi connectivity index (χ1n) is 8.47. The third-order valence-corrected chi connectivity index (χ3v) is 4.45. The topological polar surface area (TPSA) is 39.1 Å². The number of aromatic hydroxyl groups is 1. The minimum Gasteiger partial charge on any atom is -0.508 e. The van der Waals surface area contributed by atoms with Crippen molar-refractivity contribution in [1.29, 1.82) is 0 Å². The Balaban J connectivity index is 1.53. The number of phenols is 1. The van der Waals surface area contributed by atoms with Gasteiger partial charge in [-0.05, 0) is 49.2 Å². The number of hydrogen-bond donors (Lipinski definition) is 1. The molecule has 126 valence electrons. The largest absolute Gasteiger partial charge is 0.508 e. The number of benzene rings is 2. The minimum absolute atomic E-state index is 0.288. The molecule has 1 aliphatic heterocycles. The predicted molar refractivity (Wildman–Crippen MR) is 98.3 cm³/mol. The van der Waals surface area contributed by atoms with E-state index < -0.39 is 0 Å². The summed E-state index contributed by atoms with van der Waals surface area (Å²) in [5, 5.41) is 16.2. The van der Waals surface area contributed by atoms with Gasteiger partial charge in [-0.2, -0.15) is 5.10 Å². The van der Waals surface area contributed by atoms with Gasteiger partial charge in [-0.15, -0.1) is 0 Å². The van der Waals surface area contributed by atoms with Crippen LogP contribution in [0.3, 0.4) is 0 Å². The van der Waals surface area contributed by atoms with E-state index in [4.69, 9.17) is 5.10 Å². The number of rotatable bonds is 4. The quantitative estimate of drug-likeness (QED) is 0.878. The molecule has 0 bridgehead atoms. The first-order valence-corrected chi connectivity index (χ1v) is 8.47. The standard InChI is InChI=1S/C20H25N3O/c1-16-3-5-18(6-4-16)15-22-11-13-23(14-12-22)21-17(2)19-7-9-20(24)10-8-19/h3-10,24H,11-15H2,1-2H3. The monoisotopic (exact) mass is 323 g/mol. The number of phenolic OH excluding ortho intramolecular Hbond substituents is 1. The molecule has 1 aliphatic rings. The average molecular weight is 323 g/mol. The van der Waals surface area contributed by atoms with Gasteiger partial charge in [0.15, 0.2) is 0 Å². The van der Waals surface area contributed by atoms with Gasteiger partial charge in [0.05, 0.1) is 5.71 Å². The molecular formula is C20H25N3O. The predicted octanol–water partition coefficient (Wildman–Crippen LogP) is 3.24. The van der Waals surface area contributed by atoms with Crippen LogP contribution in [0.25, 0.3) is 0 Å². The molecule has 0 aromatic heterocycles. The molecule has 0 amide bonds.